The van der Waals surface area contributed by atoms with Crippen molar-refractivity contribution in [2.24, 2.45) is 4.99 Å². The van der Waals surface area contributed by atoms with Crippen LogP contribution < -0.4 is 5.69 Å². The average Bonchev–Trinajstić information content (AvgIpc) is 3.37. The minimum atomic E-state index is -0.568. The number of nitrogens with zero attached hydrogens (tertiary/aromatic N) is 4. The molecule has 1 aliphatic heterocycles. The summed E-state index contributed by atoms with van der Waals surface area (Å²) in [7, 11) is 3.69. The van der Waals surface area contributed by atoms with Crippen molar-refractivity contribution in [1.29, 1.82) is 0 Å². The standard InChI is InChI=1S/C30H50N4O4/c1-4-5-6-7-8-9-10-11-12-13-14-15-16-17-18-19-29(35)37-24-26-20-21-28(38-26)34-23-22-27(32-30(34)36)31-25-33(2)3/h20-23,25-26,28H,4-19,24H2,1-3H3/b31-25+/t26-,28+/m0/s1. The van der Waals surface area contributed by atoms with Gasteiger partial charge >= 0.3 is 11.7 Å². The number of ether oxygens (including phenoxy) is 2. The zero-order chi connectivity index (χ0) is 27.4. The number of unbranched alkanes of at least 4 members (excludes halogenated alkanes) is 14. The van der Waals surface area contributed by atoms with E-state index in [2.05, 4.69) is 16.9 Å². The Kier molecular flexibility index (Phi) is 16.3. The molecule has 0 saturated heterocycles. The maximum absolute atomic E-state index is 12.3. The summed E-state index contributed by atoms with van der Waals surface area (Å²) in [4.78, 5) is 34.3. The van der Waals surface area contributed by atoms with Crippen molar-refractivity contribution >= 4 is 18.1 Å². The number of aromatic nitrogens is 2. The van der Waals surface area contributed by atoms with Crippen LogP contribution in [-0.2, 0) is 14.3 Å². The SMILES string of the molecule is CCCCCCCCCCCCCCCCCC(=O)OC[C@@H]1C=C[C@H](n2ccc(/N=C/N(C)C)nc2=O)O1. The molecule has 0 N–H and O–H groups in total. The zero-order valence-electron chi connectivity index (χ0n) is 24.0. The minimum Gasteiger partial charge on any atom is -0.463 e. The van der Waals surface area contributed by atoms with Crippen LogP contribution in [0.1, 0.15) is 116 Å². The molecule has 214 valence electrons. The molecule has 0 unspecified atom stereocenters. The first-order chi connectivity index (χ1) is 18.5. The van der Waals surface area contributed by atoms with Gasteiger partial charge < -0.3 is 14.4 Å². The van der Waals surface area contributed by atoms with Crippen molar-refractivity contribution in [2.75, 3.05) is 20.7 Å². The van der Waals surface area contributed by atoms with Crippen LogP contribution in [0.5, 0.6) is 0 Å². The first-order valence-corrected chi connectivity index (χ1v) is 14.8. The van der Waals surface area contributed by atoms with E-state index in [1.807, 2.05) is 20.2 Å². The molecule has 8 nitrogen and oxygen atoms in total. The Bertz CT molecular complexity index is 896. The highest BCUT2D eigenvalue weighted by Gasteiger charge is 2.23. The van der Waals surface area contributed by atoms with Crippen LogP contribution in [-0.4, -0.2) is 53.6 Å². The molecule has 0 bridgehead atoms. The van der Waals surface area contributed by atoms with Crippen molar-refractivity contribution in [1.82, 2.24) is 14.5 Å². The van der Waals surface area contributed by atoms with Gasteiger partial charge in [-0.3, -0.25) is 9.36 Å². The van der Waals surface area contributed by atoms with E-state index in [1.54, 1.807) is 29.6 Å². The topological polar surface area (TPSA) is 86.0 Å². The Morgan fingerprint density at radius 1 is 0.974 bits per heavy atom. The predicted octanol–water partition coefficient (Wildman–Crippen LogP) is 6.72. The number of hydrogen-bond acceptors (Lipinski definition) is 6. The summed E-state index contributed by atoms with van der Waals surface area (Å²) in [6.07, 6.45) is 25.8. The lowest BCUT2D eigenvalue weighted by Gasteiger charge is -2.16. The van der Waals surface area contributed by atoms with Gasteiger partial charge in [0.05, 0.1) is 6.34 Å². The summed E-state index contributed by atoms with van der Waals surface area (Å²) in [5.74, 6) is 0.147. The van der Waals surface area contributed by atoms with Crippen LogP contribution in [0.4, 0.5) is 5.82 Å². The smallest absolute Gasteiger partial charge is 0.351 e. The maximum Gasteiger partial charge on any atom is 0.351 e. The summed E-state index contributed by atoms with van der Waals surface area (Å²) in [6, 6.07) is 1.66. The lowest BCUT2D eigenvalue weighted by Crippen LogP contribution is -2.28. The number of esters is 1. The van der Waals surface area contributed by atoms with E-state index in [1.165, 1.54) is 88.0 Å². The fourth-order valence-corrected chi connectivity index (χ4v) is 4.47. The lowest BCUT2D eigenvalue weighted by atomic mass is 10.0. The molecule has 1 aromatic heterocycles. The van der Waals surface area contributed by atoms with Crippen LogP contribution in [0, 0.1) is 0 Å². The van der Waals surface area contributed by atoms with Crippen molar-refractivity contribution in [3.63, 3.8) is 0 Å². The molecule has 0 fully saturated rings. The van der Waals surface area contributed by atoms with Crippen LogP contribution in [0.15, 0.2) is 34.2 Å². The number of aliphatic imine (C=N–C) groups is 1. The maximum atomic E-state index is 12.3. The van der Waals surface area contributed by atoms with Gasteiger partial charge in [-0.25, -0.2) is 9.79 Å². The van der Waals surface area contributed by atoms with E-state index >= 15 is 0 Å². The molecular weight excluding hydrogens is 480 g/mol. The molecule has 0 saturated carbocycles. The quantitative estimate of drug-likeness (QED) is 0.0576. The molecule has 0 amide bonds. The Labute approximate surface area is 229 Å². The van der Waals surface area contributed by atoms with Gasteiger partial charge in [0.15, 0.2) is 12.0 Å². The fraction of sp³-hybridized carbons (Fsp3) is 0.733. The molecule has 0 spiro atoms. The molecule has 0 radical (unpaired) electrons. The second kappa shape index (κ2) is 19.6. The van der Waals surface area contributed by atoms with Crippen molar-refractivity contribution in [3.8, 4) is 0 Å². The van der Waals surface area contributed by atoms with E-state index in [0.717, 1.165) is 12.8 Å². The first kappa shape index (κ1) is 31.7. The summed E-state index contributed by atoms with van der Waals surface area (Å²) in [5, 5.41) is 0. The van der Waals surface area contributed by atoms with Crippen LogP contribution in [0.25, 0.3) is 0 Å². The van der Waals surface area contributed by atoms with Crippen LogP contribution >= 0.6 is 0 Å². The summed E-state index contributed by atoms with van der Waals surface area (Å²) in [5.41, 5.74) is -0.445. The molecular formula is C30H50N4O4. The Hall–Kier alpha value is -2.48. The van der Waals surface area contributed by atoms with Gasteiger partial charge in [-0.05, 0) is 18.6 Å². The number of carbonyl (C=O) groups excluding carboxylic acids is 1. The first-order valence-electron chi connectivity index (χ1n) is 14.8. The van der Waals surface area contributed by atoms with Gasteiger partial charge in [0.1, 0.15) is 12.7 Å². The van der Waals surface area contributed by atoms with Gasteiger partial charge in [-0.15, -0.1) is 0 Å². The summed E-state index contributed by atoms with van der Waals surface area (Å²) < 4.78 is 12.6. The minimum absolute atomic E-state index is 0.151. The number of carbonyl (C=O) groups is 1. The second-order valence-electron chi connectivity index (χ2n) is 10.5. The number of hydrogen-bond donors (Lipinski definition) is 0. The second-order valence-corrected chi connectivity index (χ2v) is 10.5. The van der Waals surface area contributed by atoms with Gasteiger partial charge in [-0.1, -0.05) is 103 Å². The lowest BCUT2D eigenvalue weighted by molar-refractivity contribution is -0.147. The molecule has 38 heavy (non-hydrogen) atoms. The van der Waals surface area contributed by atoms with E-state index in [4.69, 9.17) is 9.47 Å². The molecule has 2 atom stereocenters. The molecule has 2 heterocycles. The average molecular weight is 531 g/mol. The monoisotopic (exact) mass is 530 g/mol. The third-order valence-electron chi connectivity index (χ3n) is 6.71. The van der Waals surface area contributed by atoms with Crippen molar-refractivity contribution < 1.29 is 14.3 Å². The van der Waals surface area contributed by atoms with Gasteiger partial charge in [0.25, 0.3) is 0 Å². The Balaban J connectivity index is 1.46. The highest BCUT2D eigenvalue weighted by Crippen LogP contribution is 2.20. The molecule has 0 aromatic carbocycles. The normalized spacial score (nSPS) is 16.9. The van der Waals surface area contributed by atoms with E-state index in [-0.39, 0.29) is 18.7 Å². The van der Waals surface area contributed by atoms with Gasteiger partial charge in [0.2, 0.25) is 0 Å². The Morgan fingerprint density at radius 2 is 1.55 bits per heavy atom. The Morgan fingerprint density at radius 3 is 2.11 bits per heavy atom. The van der Waals surface area contributed by atoms with E-state index in [9.17, 15) is 9.59 Å². The molecule has 1 aliphatic rings. The van der Waals surface area contributed by atoms with Crippen LogP contribution in [0.2, 0.25) is 0 Å². The van der Waals surface area contributed by atoms with Crippen molar-refractivity contribution in [3.05, 3.63) is 34.9 Å². The summed E-state index contributed by atoms with van der Waals surface area (Å²) in [6.45, 7) is 2.42. The van der Waals surface area contributed by atoms with E-state index in [0.29, 0.717) is 12.2 Å². The highest BCUT2D eigenvalue weighted by atomic mass is 16.6. The molecule has 1 aromatic rings. The van der Waals surface area contributed by atoms with Crippen molar-refractivity contribution in [2.45, 2.75) is 122 Å². The van der Waals surface area contributed by atoms with Crippen LogP contribution in [0.3, 0.4) is 0 Å². The fourth-order valence-electron chi connectivity index (χ4n) is 4.47. The van der Waals surface area contributed by atoms with Gasteiger partial charge in [0, 0.05) is 26.7 Å². The molecule has 8 heteroatoms. The highest BCUT2D eigenvalue weighted by molar-refractivity contribution is 5.69. The third-order valence-corrected chi connectivity index (χ3v) is 6.71. The molecule has 0 aliphatic carbocycles. The predicted molar refractivity (Wildman–Crippen MR) is 154 cm³/mol. The molecule has 2 rings (SSSR count). The third kappa shape index (κ3) is 13.9. The van der Waals surface area contributed by atoms with E-state index < -0.39 is 11.9 Å². The van der Waals surface area contributed by atoms with Gasteiger partial charge in [-0.2, -0.15) is 4.98 Å². The number of rotatable bonds is 21. The zero-order valence-corrected chi connectivity index (χ0v) is 24.0. The summed E-state index contributed by atoms with van der Waals surface area (Å²) >= 11 is 0. The largest absolute Gasteiger partial charge is 0.463 e.